The van der Waals surface area contributed by atoms with E-state index in [9.17, 15) is 0 Å². The lowest BCUT2D eigenvalue weighted by atomic mass is 10.2. The summed E-state index contributed by atoms with van der Waals surface area (Å²) in [6, 6.07) is 7.83. The van der Waals surface area contributed by atoms with Crippen molar-refractivity contribution in [1.29, 1.82) is 0 Å². The molecule has 2 heterocycles. The molecule has 3 aromatic rings. The fraction of sp³-hybridized carbons (Fsp3) is 0.154. The molecule has 2 aromatic heterocycles. The predicted molar refractivity (Wildman–Crippen MR) is 79.4 cm³/mol. The summed E-state index contributed by atoms with van der Waals surface area (Å²) in [4.78, 5) is 4.75. The van der Waals surface area contributed by atoms with Gasteiger partial charge in [0.1, 0.15) is 16.5 Å². The zero-order valence-electron chi connectivity index (χ0n) is 10.6. The molecule has 1 N–H and O–H groups in total. The second kappa shape index (κ2) is 5.56. The van der Waals surface area contributed by atoms with Crippen molar-refractivity contribution in [2.75, 3.05) is 6.61 Å². The lowest BCUT2D eigenvalue weighted by molar-refractivity contribution is 0.340. The quantitative estimate of drug-likeness (QED) is 0.740. The van der Waals surface area contributed by atoms with Gasteiger partial charge in [-0.05, 0) is 31.3 Å². The minimum atomic E-state index is 0.243. The molecule has 0 unspecified atom stereocenters. The minimum absolute atomic E-state index is 0.243. The Labute approximate surface area is 124 Å². The Hall–Kier alpha value is -1.99. The van der Waals surface area contributed by atoms with Gasteiger partial charge in [0.15, 0.2) is 0 Å². The number of thiazole rings is 1. The van der Waals surface area contributed by atoms with Crippen LogP contribution in [0, 0.1) is 4.84 Å². The van der Waals surface area contributed by atoms with Gasteiger partial charge in [-0.15, -0.1) is 16.4 Å². The number of nitrogens with one attached hydrogen (secondary N) is 1. The highest BCUT2D eigenvalue weighted by Gasteiger charge is 2.11. The van der Waals surface area contributed by atoms with Crippen molar-refractivity contribution in [2.24, 2.45) is 0 Å². The van der Waals surface area contributed by atoms with E-state index < -0.39 is 0 Å². The van der Waals surface area contributed by atoms with E-state index in [0.29, 0.717) is 18.2 Å². The van der Waals surface area contributed by atoms with Gasteiger partial charge in [0.2, 0.25) is 0 Å². The molecular formula is C13H11N3O2S2. The van der Waals surface area contributed by atoms with Crippen LogP contribution < -0.4 is 4.74 Å². The first-order valence-corrected chi connectivity index (χ1v) is 7.29. The number of H-pyrrole nitrogens is 1. The van der Waals surface area contributed by atoms with Gasteiger partial charge in [0.05, 0.1) is 6.61 Å². The van der Waals surface area contributed by atoms with Crippen molar-refractivity contribution in [2.45, 2.75) is 6.92 Å². The van der Waals surface area contributed by atoms with Gasteiger partial charge in [-0.25, -0.2) is 10.1 Å². The van der Waals surface area contributed by atoms with E-state index in [1.165, 1.54) is 11.3 Å². The van der Waals surface area contributed by atoms with Crippen molar-refractivity contribution in [3.05, 3.63) is 34.5 Å². The van der Waals surface area contributed by atoms with Gasteiger partial charge in [0, 0.05) is 10.9 Å². The molecule has 0 atom stereocenters. The maximum atomic E-state index is 5.49. The van der Waals surface area contributed by atoms with Crippen molar-refractivity contribution in [1.82, 2.24) is 15.2 Å². The lowest BCUT2D eigenvalue weighted by Gasteiger charge is -2.03. The maximum Gasteiger partial charge on any atom is 0.284 e. The Morgan fingerprint density at radius 3 is 3.10 bits per heavy atom. The number of rotatable bonds is 4. The third-order valence-corrected chi connectivity index (χ3v) is 3.62. The Balaban J connectivity index is 1.93. The highest BCUT2D eigenvalue weighted by atomic mass is 32.1. The Kier molecular flexibility index (Phi) is 3.62. The fourth-order valence-electron chi connectivity index (χ4n) is 1.73. The van der Waals surface area contributed by atoms with Crippen LogP contribution in [0.2, 0.25) is 0 Å². The monoisotopic (exact) mass is 305 g/mol. The van der Waals surface area contributed by atoms with Crippen LogP contribution in [0.1, 0.15) is 6.92 Å². The van der Waals surface area contributed by atoms with Crippen LogP contribution in [0.5, 0.6) is 5.75 Å². The molecule has 0 radical (unpaired) electrons. The number of nitrogens with zero attached hydrogens (tertiary/aromatic N) is 2. The summed E-state index contributed by atoms with van der Waals surface area (Å²) in [5.74, 6) is 1.23. The minimum Gasteiger partial charge on any atom is -0.494 e. The van der Waals surface area contributed by atoms with Crippen LogP contribution in [0.25, 0.3) is 22.2 Å². The van der Waals surface area contributed by atoms with E-state index in [-0.39, 0.29) is 4.84 Å². The van der Waals surface area contributed by atoms with Gasteiger partial charge in [-0.2, -0.15) is 0 Å². The molecule has 3 rings (SSSR count). The fourth-order valence-corrected chi connectivity index (χ4v) is 2.65. The lowest BCUT2D eigenvalue weighted by Crippen LogP contribution is -1.91. The Bertz CT molecular complexity index is 776. The molecule has 0 saturated carbocycles. The van der Waals surface area contributed by atoms with Crippen LogP contribution in [-0.2, 0) is 0 Å². The number of ether oxygens (including phenoxy) is 1. The highest BCUT2D eigenvalue weighted by Crippen LogP contribution is 2.29. The topological polar surface area (TPSA) is 63.9 Å². The maximum absolute atomic E-state index is 5.49. The summed E-state index contributed by atoms with van der Waals surface area (Å²) >= 11 is 6.37. The number of benzene rings is 1. The predicted octanol–water partition coefficient (Wildman–Crippen LogP) is 3.92. The van der Waals surface area contributed by atoms with Crippen LogP contribution in [0.15, 0.2) is 34.1 Å². The molecule has 0 amide bonds. The van der Waals surface area contributed by atoms with E-state index in [0.717, 1.165) is 16.3 Å². The Morgan fingerprint density at radius 2 is 2.35 bits per heavy atom. The molecule has 0 aliphatic carbocycles. The molecule has 0 fully saturated rings. The summed E-state index contributed by atoms with van der Waals surface area (Å²) in [5, 5.41) is 9.31. The van der Waals surface area contributed by atoms with E-state index in [1.54, 1.807) is 0 Å². The summed E-state index contributed by atoms with van der Waals surface area (Å²) in [5.41, 5.74) is 1.67. The van der Waals surface area contributed by atoms with Crippen molar-refractivity contribution in [3.8, 4) is 27.9 Å². The largest absolute Gasteiger partial charge is 0.494 e. The van der Waals surface area contributed by atoms with E-state index in [2.05, 4.69) is 15.2 Å². The van der Waals surface area contributed by atoms with E-state index in [1.807, 2.05) is 36.6 Å². The number of aromatic nitrogens is 3. The highest BCUT2D eigenvalue weighted by molar-refractivity contribution is 7.71. The van der Waals surface area contributed by atoms with Gasteiger partial charge in [-0.3, -0.25) is 0 Å². The van der Waals surface area contributed by atoms with Crippen LogP contribution in [-0.4, -0.2) is 21.8 Å². The standard InChI is InChI=1S/C13H11N3O2S2/c1-2-17-9-5-3-4-8(6-9)12-14-10(7-20-12)11-15-16-13(19)18-11/h3-7H,2H2,1H3,(H,16,19). The SMILES string of the molecule is CCOc1cccc(-c2nc(-c3n[nH]c(=S)o3)cs2)c1. The smallest absolute Gasteiger partial charge is 0.284 e. The molecule has 0 bridgehead atoms. The molecular weight excluding hydrogens is 294 g/mol. The second-order valence-corrected chi connectivity index (χ2v) is 5.15. The third-order valence-electron chi connectivity index (χ3n) is 2.55. The van der Waals surface area contributed by atoms with E-state index in [4.69, 9.17) is 21.4 Å². The van der Waals surface area contributed by atoms with Crippen molar-refractivity contribution >= 4 is 23.6 Å². The molecule has 102 valence electrons. The van der Waals surface area contributed by atoms with Crippen molar-refractivity contribution < 1.29 is 9.15 Å². The number of hydrogen-bond donors (Lipinski definition) is 1. The molecule has 0 spiro atoms. The number of hydrogen-bond acceptors (Lipinski definition) is 6. The van der Waals surface area contributed by atoms with E-state index >= 15 is 0 Å². The summed E-state index contributed by atoms with van der Waals surface area (Å²) in [6.45, 7) is 2.60. The first-order chi connectivity index (χ1) is 9.76. The van der Waals surface area contributed by atoms with Crippen LogP contribution in [0.4, 0.5) is 0 Å². The molecule has 0 aliphatic rings. The molecule has 7 heteroatoms. The van der Waals surface area contributed by atoms with Gasteiger partial charge in [0.25, 0.3) is 10.7 Å². The molecule has 0 saturated heterocycles. The van der Waals surface area contributed by atoms with Crippen molar-refractivity contribution in [3.63, 3.8) is 0 Å². The zero-order chi connectivity index (χ0) is 13.9. The molecule has 5 nitrogen and oxygen atoms in total. The average molecular weight is 305 g/mol. The molecule has 20 heavy (non-hydrogen) atoms. The second-order valence-electron chi connectivity index (χ2n) is 3.92. The Morgan fingerprint density at radius 1 is 1.45 bits per heavy atom. The first kappa shape index (κ1) is 13.0. The van der Waals surface area contributed by atoms with Crippen LogP contribution >= 0.6 is 23.6 Å². The average Bonchev–Trinajstić information content (AvgIpc) is 3.08. The first-order valence-electron chi connectivity index (χ1n) is 6.01. The third kappa shape index (κ3) is 2.63. The summed E-state index contributed by atoms with van der Waals surface area (Å²) < 4.78 is 10.7. The van der Waals surface area contributed by atoms with Gasteiger partial charge >= 0.3 is 0 Å². The molecule has 0 aliphatic heterocycles. The summed E-state index contributed by atoms with van der Waals surface area (Å²) in [7, 11) is 0. The summed E-state index contributed by atoms with van der Waals surface area (Å²) in [6.07, 6.45) is 0. The molecule has 1 aromatic carbocycles. The van der Waals surface area contributed by atoms with Crippen LogP contribution in [0.3, 0.4) is 0 Å². The number of aromatic amines is 1. The van der Waals surface area contributed by atoms with Gasteiger partial charge < -0.3 is 9.15 Å². The zero-order valence-corrected chi connectivity index (χ0v) is 12.3. The van der Waals surface area contributed by atoms with Gasteiger partial charge in [-0.1, -0.05) is 12.1 Å². The normalized spacial score (nSPS) is 10.7.